The van der Waals surface area contributed by atoms with Crippen LogP contribution in [0.3, 0.4) is 0 Å². The molecule has 1 aliphatic rings. The third-order valence-electron chi connectivity index (χ3n) is 1.78. The lowest BCUT2D eigenvalue weighted by Crippen LogP contribution is -2.09. The molecule has 1 rings (SSSR count). The van der Waals surface area contributed by atoms with E-state index in [0.717, 1.165) is 19.1 Å². The SMILES string of the molecule is C=C(C)C=O.OC1CCCCC1. The van der Waals surface area contributed by atoms with Crippen LogP contribution in [0.4, 0.5) is 0 Å². The molecule has 0 amide bonds. The second-order valence-electron chi connectivity index (χ2n) is 3.26. The summed E-state index contributed by atoms with van der Waals surface area (Å²) in [5.41, 5.74) is 0.574. The smallest absolute Gasteiger partial charge is 0.145 e. The van der Waals surface area contributed by atoms with Crippen molar-refractivity contribution in [2.24, 2.45) is 0 Å². The number of allylic oxidation sites excluding steroid dienone is 1. The normalized spacial score (nSPS) is 17.5. The van der Waals surface area contributed by atoms with E-state index in [4.69, 9.17) is 5.11 Å². The predicted molar refractivity (Wildman–Crippen MR) is 50.0 cm³/mol. The molecular formula is C10H18O2. The lowest BCUT2D eigenvalue weighted by Gasteiger charge is -2.14. The topological polar surface area (TPSA) is 37.3 Å². The lowest BCUT2D eigenvalue weighted by molar-refractivity contribution is -0.104. The monoisotopic (exact) mass is 170 g/mol. The van der Waals surface area contributed by atoms with E-state index in [1.54, 1.807) is 6.92 Å². The van der Waals surface area contributed by atoms with Gasteiger partial charge in [0.15, 0.2) is 0 Å². The molecule has 1 N–H and O–H groups in total. The van der Waals surface area contributed by atoms with Gasteiger partial charge in [-0.2, -0.15) is 0 Å². The maximum atomic E-state index is 9.41. The first-order valence-corrected chi connectivity index (χ1v) is 4.45. The molecule has 0 saturated heterocycles. The first kappa shape index (κ1) is 11.4. The fourth-order valence-corrected chi connectivity index (χ4v) is 1.08. The van der Waals surface area contributed by atoms with Gasteiger partial charge in [0.2, 0.25) is 0 Å². The summed E-state index contributed by atoms with van der Waals surface area (Å²) in [5.74, 6) is 0. The van der Waals surface area contributed by atoms with Gasteiger partial charge in [-0.15, -0.1) is 0 Å². The van der Waals surface area contributed by atoms with Gasteiger partial charge < -0.3 is 5.11 Å². The van der Waals surface area contributed by atoms with E-state index in [1.165, 1.54) is 19.3 Å². The van der Waals surface area contributed by atoms with Crippen LogP contribution in [-0.4, -0.2) is 17.5 Å². The Hall–Kier alpha value is -0.630. The molecule has 1 saturated carbocycles. The first-order chi connectivity index (χ1) is 5.66. The highest BCUT2D eigenvalue weighted by Gasteiger charge is 2.07. The largest absolute Gasteiger partial charge is 0.393 e. The maximum absolute atomic E-state index is 9.41. The van der Waals surface area contributed by atoms with Crippen LogP contribution in [0.1, 0.15) is 39.0 Å². The molecule has 2 nitrogen and oxygen atoms in total. The average Bonchev–Trinajstić information content (AvgIpc) is 2.07. The Morgan fingerprint density at radius 1 is 1.42 bits per heavy atom. The van der Waals surface area contributed by atoms with Crippen molar-refractivity contribution >= 4 is 6.29 Å². The van der Waals surface area contributed by atoms with Crippen molar-refractivity contribution in [3.05, 3.63) is 12.2 Å². The summed E-state index contributed by atoms with van der Waals surface area (Å²) in [6.45, 7) is 4.97. The number of carbonyl (C=O) groups is 1. The number of hydrogen-bond donors (Lipinski definition) is 1. The number of aliphatic hydroxyl groups excluding tert-OH is 1. The van der Waals surface area contributed by atoms with E-state index in [1.807, 2.05) is 0 Å². The van der Waals surface area contributed by atoms with Gasteiger partial charge in [0.1, 0.15) is 6.29 Å². The molecule has 0 aliphatic heterocycles. The maximum Gasteiger partial charge on any atom is 0.145 e. The van der Waals surface area contributed by atoms with Crippen molar-refractivity contribution in [2.45, 2.75) is 45.1 Å². The second kappa shape index (κ2) is 7.04. The summed E-state index contributed by atoms with van der Waals surface area (Å²) in [6.07, 6.45) is 6.65. The molecule has 70 valence electrons. The minimum absolute atomic E-state index is 0.0359. The standard InChI is InChI=1S/C6H12O.C4H6O/c7-6-4-2-1-3-5-6;1-4(2)3-5/h6-7H,1-5H2;3H,1H2,2H3. The molecule has 0 aromatic heterocycles. The van der Waals surface area contributed by atoms with Crippen molar-refractivity contribution in [3.8, 4) is 0 Å². The van der Waals surface area contributed by atoms with Crippen LogP contribution in [0.2, 0.25) is 0 Å². The van der Waals surface area contributed by atoms with Crippen molar-refractivity contribution in [3.63, 3.8) is 0 Å². The summed E-state index contributed by atoms with van der Waals surface area (Å²) in [5, 5.41) is 8.91. The Labute approximate surface area is 74.3 Å². The highest BCUT2D eigenvalue weighted by Crippen LogP contribution is 2.16. The molecule has 0 unspecified atom stereocenters. The van der Waals surface area contributed by atoms with Gasteiger partial charge in [-0.1, -0.05) is 25.8 Å². The van der Waals surface area contributed by atoms with Crippen LogP contribution in [0, 0.1) is 0 Å². The summed E-state index contributed by atoms with van der Waals surface area (Å²) in [7, 11) is 0. The van der Waals surface area contributed by atoms with E-state index in [2.05, 4.69) is 6.58 Å². The fourth-order valence-electron chi connectivity index (χ4n) is 1.08. The molecular weight excluding hydrogens is 152 g/mol. The minimum Gasteiger partial charge on any atom is -0.393 e. The van der Waals surface area contributed by atoms with E-state index in [-0.39, 0.29) is 6.10 Å². The molecule has 0 aromatic carbocycles. The van der Waals surface area contributed by atoms with Gasteiger partial charge in [0, 0.05) is 0 Å². The molecule has 0 heterocycles. The van der Waals surface area contributed by atoms with Crippen LogP contribution >= 0.6 is 0 Å². The van der Waals surface area contributed by atoms with Gasteiger partial charge in [-0.25, -0.2) is 0 Å². The molecule has 1 aliphatic carbocycles. The number of rotatable bonds is 1. The van der Waals surface area contributed by atoms with Gasteiger partial charge in [-0.3, -0.25) is 4.79 Å². The van der Waals surface area contributed by atoms with Gasteiger partial charge in [0.25, 0.3) is 0 Å². The third kappa shape index (κ3) is 7.48. The summed E-state index contributed by atoms with van der Waals surface area (Å²) >= 11 is 0. The van der Waals surface area contributed by atoms with Crippen LogP contribution in [-0.2, 0) is 4.79 Å². The Bertz CT molecular complexity index is 135. The lowest BCUT2D eigenvalue weighted by atomic mass is 9.98. The van der Waals surface area contributed by atoms with E-state index in [0.29, 0.717) is 5.57 Å². The zero-order valence-electron chi connectivity index (χ0n) is 7.75. The van der Waals surface area contributed by atoms with E-state index < -0.39 is 0 Å². The summed E-state index contributed by atoms with van der Waals surface area (Å²) < 4.78 is 0. The van der Waals surface area contributed by atoms with Crippen molar-refractivity contribution in [1.29, 1.82) is 0 Å². The quantitative estimate of drug-likeness (QED) is 0.483. The molecule has 12 heavy (non-hydrogen) atoms. The Kier molecular flexibility index (Phi) is 6.67. The molecule has 2 heteroatoms. The van der Waals surface area contributed by atoms with Crippen molar-refractivity contribution in [2.75, 3.05) is 0 Å². The highest BCUT2D eigenvalue weighted by molar-refractivity contribution is 5.70. The Morgan fingerprint density at radius 3 is 2.00 bits per heavy atom. The van der Waals surface area contributed by atoms with Crippen molar-refractivity contribution in [1.82, 2.24) is 0 Å². The minimum atomic E-state index is 0.0359. The second-order valence-corrected chi connectivity index (χ2v) is 3.26. The number of aliphatic hydroxyl groups is 1. The van der Waals surface area contributed by atoms with Gasteiger partial charge >= 0.3 is 0 Å². The molecule has 0 bridgehead atoms. The molecule has 1 fully saturated rings. The Morgan fingerprint density at radius 2 is 1.83 bits per heavy atom. The fraction of sp³-hybridized carbons (Fsp3) is 0.700. The molecule has 0 radical (unpaired) electrons. The summed E-state index contributed by atoms with van der Waals surface area (Å²) in [6, 6.07) is 0. The summed E-state index contributed by atoms with van der Waals surface area (Å²) in [4.78, 5) is 9.41. The molecule has 0 spiro atoms. The van der Waals surface area contributed by atoms with Crippen LogP contribution in [0.5, 0.6) is 0 Å². The van der Waals surface area contributed by atoms with Crippen LogP contribution < -0.4 is 0 Å². The zero-order chi connectivity index (χ0) is 9.40. The number of carbonyl (C=O) groups excluding carboxylic acids is 1. The number of hydrogen-bond acceptors (Lipinski definition) is 2. The van der Waals surface area contributed by atoms with Crippen LogP contribution in [0.15, 0.2) is 12.2 Å². The van der Waals surface area contributed by atoms with Gasteiger partial charge in [0.05, 0.1) is 6.10 Å². The van der Waals surface area contributed by atoms with E-state index >= 15 is 0 Å². The zero-order valence-corrected chi connectivity index (χ0v) is 7.75. The van der Waals surface area contributed by atoms with Crippen LogP contribution in [0.25, 0.3) is 0 Å². The average molecular weight is 170 g/mol. The predicted octanol–water partition coefficient (Wildman–Crippen LogP) is 2.07. The highest BCUT2D eigenvalue weighted by atomic mass is 16.3. The van der Waals surface area contributed by atoms with Crippen molar-refractivity contribution < 1.29 is 9.90 Å². The van der Waals surface area contributed by atoms with Gasteiger partial charge in [-0.05, 0) is 25.3 Å². The Balaban J connectivity index is 0.000000217. The molecule has 0 aromatic rings. The van der Waals surface area contributed by atoms with E-state index in [9.17, 15) is 4.79 Å². The first-order valence-electron chi connectivity index (χ1n) is 4.45. The molecule has 0 atom stereocenters. The third-order valence-corrected chi connectivity index (χ3v) is 1.78. The number of aldehydes is 1.